The number of nitrogens with zero attached hydrogens (tertiary/aromatic N) is 2. The number of esters is 2. The van der Waals surface area contributed by atoms with Gasteiger partial charge in [-0.2, -0.15) is 0 Å². The summed E-state index contributed by atoms with van der Waals surface area (Å²) in [6.07, 6.45) is -1.04. The van der Waals surface area contributed by atoms with Gasteiger partial charge in [0.15, 0.2) is 0 Å². The monoisotopic (exact) mass is 605 g/mol. The molecule has 0 aliphatic carbocycles. The van der Waals surface area contributed by atoms with Gasteiger partial charge >= 0.3 is 18.0 Å². The molecule has 0 saturated carbocycles. The van der Waals surface area contributed by atoms with Gasteiger partial charge in [-0.1, -0.05) is 50.8 Å². The summed E-state index contributed by atoms with van der Waals surface area (Å²) in [7, 11) is -1.56. The lowest BCUT2D eigenvalue weighted by molar-refractivity contribution is -0.193. The van der Waals surface area contributed by atoms with E-state index in [0.29, 0.717) is 35.5 Å². The zero-order valence-corrected chi connectivity index (χ0v) is 26.8. The van der Waals surface area contributed by atoms with E-state index in [9.17, 15) is 19.2 Å². The third-order valence-corrected chi connectivity index (χ3v) is 9.55. The molecule has 5 rings (SSSR count). The number of benzene rings is 1. The number of cyclic esters (lactones) is 1. The van der Waals surface area contributed by atoms with Crippen LogP contribution in [0.1, 0.15) is 63.3 Å². The van der Waals surface area contributed by atoms with E-state index in [4.69, 9.17) is 19.2 Å². The molecule has 11 heteroatoms. The van der Waals surface area contributed by atoms with Gasteiger partial charge in [0, 0.05) is 24.6 Å². The van der Waals surface area contributed by atoms with Gasteiger partial charge in [-0.3, -0.25) is 9.59 Å². The number of hydrogen-bond donors (Lipinski definition) is 1. The van der Waals surface area contributed by atoms with Crippen LogP contribution in [0.25, 0.3) is 22.3 Å². The third kappa shape index (κ3) is 5.95. The first kappa shape index (κ1) is 30.5. The van der Waals surface area contributed by atoms with Crippen LogP contribution >= 0.6 is 0 Å². The quantitative estimate of drug-likeness (QED) is 0.168. The molecule has 1 N–H and O–H groups in total. The van der Waals surface area contributed by atoms with Crippen molar-refractivity contribution >= 4 is 37.0 Å². The van der Waals surface area contributed by atoms with Crippen molar-refractivity contribution in [2.45, 2.75) is 90.1 Å². The zero-order valence-electron chi connectivity index (χ0n) is 25.8. The Hall–Kier alpha value is -3.99. The average Bonchev–Trinajstić information content (AvgIpc) is 3.27. The molecule has 228 valence electrons. The summed E-state index contributed by atoms with van der Waals surface area (Å²) in [5.74, 6) is -1.59. The van der Waals surface area contributed by atoms with Gasteiger partial charge in [-0.05, 0) is 51.8 Å². The predicted octanol–water partition coefficient (Wildman–Crippen LogP) is 5.42. The molecule has 0 radical (unpaired) electrons. The van der Waals surface area contributed by atoms with Crippen molar-refractivity contribution in [3.63, 3.8) is 0 Å². The molecule has 2 unspecified atom stereocenters. The second-order valence-electron chi connectivity index (χ2n) is 13.4. The Balaban J connectivity index is 1.59. The summed E-state index contributed by atoms with van der Waals surface area (Å²) in [5.41, 5.74) is 0.620. The Morgan fingerprint density at radius 1 is 1.16 bits per heavy atom. The van der Waals surface area contributed by atoms with Gasteiger partial charge < -0.3 is 24.1 Å². The predicted molar refractivity (Wildman–Crippen MR) is 164 cm³/mol. The lowest BCUT2D eigenvalue weighted by atomic mass is 9.82. The zero-order chi connectivity index (χ0) is 31.3. The van der Waals surface area contributed by atoms with Crippen molar-refractivity contribution in [3.05, 3.63) is 63.4 Å². The second kappa shape index (κ2) is 10.9. The van der Waals surface area contributed by atoms with E-state index >= 15 is 0 Å². The minimum Gasteiger partial charge on any atom is -0.454 e. The van der Waals surface area contributed by atoms with Crippen LogP contribution < -0.4 is 10.9 Å². The molecule has 0 spiro atoms. The molecule has 2 aromatic heterocycles. The smallest absolute Gasteiger partial charge is 0.408 e. The Kier molecular flexibility index (Phi) is 7.74. The largest absolute Gasteiger partial charge is 0.454 e. The summed E-state index contributed by atoms with van der Waals surface area (Å²) in [4.78, 5) is 58.2. The van der Waals surface area contributed by atoms with E-state index in [1.165, 1.54) is 0 Å². The van der Waals surface area contributed by atoms with Gasteiger partial charge in [0.1, 0.15) is 18.2 Å². The van der Waals surface area contributed by atoms with E-state index in [1.54, 1.807) is 38.3 Å². The van der Waals surface area contributed by atoms with Gasteiger partial charge in [0.25, 0.3) is 5.56 Å². The number of para-hydroxylation sites is 1. The van der Waals surface area contributed by atoms with Gasteiger partial charge in [0.2, 0.25) is 5.60 Å². The SMILES string of the molecule is CCC1(OC(=O)CNC(=O)OC(C)(C)C)C(=O)OC(CC[Si](C)(C)C)c2c1cc1n(c2=O)Cc2cc3ccccc3nc2-1. The first-order chi connectivity index (χ1) is 20.1. The summed E-state index contributed by atoms with van der Waals surface area (Å²) in [6.45, 7) is 13.3. The number of carbonyl (C=O) groups is 3. The van der Waals surface area contributed by atoms with Crippen LogP contribution in [0.2, 0.25) is 25.7 Å². The van der Waals surface area contributed by atoms with E-state index in [2.05, 4.69) is 25.0 Å². The van der Waals surface area contributed by atoms with Crippen LogP contribution in [0.15, 0.2) is 41.2 Å². The lowest BCUT2D eigenvalue weighted by Crippen LogP contribution is -2.50. The molecule has 0 saturated heterocycles. The highest BCUT2D eigenvalue weighted by molar-refractivity contribution is 6.76. The Morgan fingerprint density at radius 3 is 2.56 bits per heavy atom. The van der Waals surface area contributed by atoms with Crippen molar-refractivity contribution < 1.29 is 28.6 Å². The van der Waals surface area contributed by atoms with Crippen molar-refractivity contribution in [1.29, 1.82) is 0 Å². The fourth-order valence-corrected chi connectivity index (χ4v) is 6.81. The lowest BCUT2D eigenvalue weighted by Gasteiger charge is -2.39. The Labute approximate surface area is 251 Å². The average molecular weight is 606 g/mol. The maximum absolute atomic E-state index is 14.3. The summed E-state index contributed by atoms with van der Waals surface area (Å²) in [6, 6.07) is 12.4. The van der Waals surface area contributed by atoms with Crippen LogP contribution in [0.4, 0.5) is 4.79 Å². The first-order valence-electron chi connectivity index (χ1n) is 14.7. The minimum atomic E-state index is -1.87. The highest BCUT2D eigenvalue weighted by atomic mass is 28.3. The summed E-state index contributed by atoms with van der Waals surface area (Å²) < 4.78 is 18.7. The highest BCUT2D eigenvalue weighted by Gasteiger charge is 2.53. The topological polar surface area (TPSA) is 126 Å². The Morgan fingerprint density at radius 2 is 1.88 bits per heavy atom. The molecule has 2 atom stereocenters. The standard InChI is InChI=1S/C32H39N3O7Si/c1-8-32(41-25(36)17-33-30(39)42-31(2,3)4)21-16-23-27-20(15-19-11-9-10-12-22(19)34-27)18-35(23)28(37)26(21)24(40-29(32)38)13-14-43(5,6)7/h9-12,15-16,24H,8,13-14,17-18H2,1-7H3,(H,33,39). The molecule has 3 aromatic rings. The number of ether oxygens (including phenoxy) is 3. The Bertz CT molecular complexity index is 1690. The minimum absolute atomic E-state index is 0.0264. The number of nitrogens with one attached hydrogen (secondary N) is 1. The maximum Gasteiger partial charge on any atom is 0.408 e. The summed E-state index contributed by atoms with van der Waals surface area (Å²) >= 11 is 0. The molecule has 2 aliphatic heterocycles. The summed E-state index contributed by atoms with van der Waals surface area (Å²) in [5, 5.41) is 3.34. The van der Waals surface area contributed by atoms with E-state index in [-0.39, 0.29) is 12.0 Å². The van der Waals surface area contributed by atoms with Gasteiger partial charge in [0.05, 0.1) is 29.0 Å². The second-order valence-corrected chi connectivity index (χ2v) is 19.1. The van der Waals surface area contributed by atoms with Crippen LogP contribution in [-0.4, -0.2) is 47.8 Å². The van der Waals surface area contributed by atoms with E-state index < -0.39 is 50.0 Å². The molecule has 4 heterocycles. The molecule has 0 bridgehead atoms. The number of alkyl carbamates (subject to hydrolysis) is 1. The molecule has 43 heavy (non-hydrogen) atoms. The van der Waals surface area contributed by atoms with Crippen molar-refractivity contribution in [3.8, 4) is 11.4 Å². The van der Waals surface area contributed by atoms with Crippen molar-refractivity contribution in [2.24, 2.45) is 0 Å². The van der Waals surface area contributed by atoms with Gasteiger partial charge in [-0.15, -0.1) is 0 Å². The van der Waals surface area contributed by atoms with Crippen LogP contribution in [-0.2, 0) is 35.9 Å². The number of amides is 1. The number of pyridine rings is 2. The van der Waals surface area contributed by atoms with Crippen molar-refractivity contribution in [2.75, 3.05) is 6.54 Å². The number of carbonyl (C=O) groups excluding carboxylic acids is 3. The normalized spacial score (nSPS) is 19.2. The highest BCUT2D eigenvalue weighted by Crippen LogP contribution is 2.45. The molecule has 1 amide bonds. The molecule has 10 nitrogen and oxygen atoms in total. The van der Waals surface area contributed by atoms with E-state index in [1.807, 2.05) is 30.3 Å². The molecular weight excluding hydrogens is 566 g/mol. The fourth-order valence-electron chi connectivity index (χ4n) is 5.69. The molecule has 2 aliphatic rings. The van der Waals surface area contributed by atoms with E-state index in [0.717, 1.165) is 22.5 Å². The van der Waals surface area contributed by atoms with Crippen LogP contribution in [0.5, 0.6) is 0 Å². The van der Waals surface area contributed by atoms with Crippen LogP contribution in [0.3, 0.4) is 0 Å². The first-order valence-corrected chi connectivity index (χ1v) is 18.4. The van der Waals surface area contributed by atoms with Crippen LogP contribution in [0, 0.1) is 0 Å². The molecular formula is C32H39N3O7Si. The number of aromatic nitrogens is 2. The fraction of sp³-hybridized carbons (Fsp3) is 0.469. The maximum atomic E-state index is 14.3. The number of hydrogen-bond acceptors (Lipinski definition) is 8. The van der Waals surface area contributed by atoms with Crippen molar-refractivity contribution in [1.82, 2.24) is 14.9 Å². The third-order valence-electron chi connectivity index (χ3n) is 7.77. The van der Waals surface area contributed by atoms with Gasteiger partial charge in [-0.25, -0.2) is 14.6 Å². The number of fused-ring (bicyclic) bond motifs is 5. The molecule has 0 fully saturated rings. The number of rotatable bonds is 7. The molecule has 1 aromatic carbocycles.